The summed E-state index contributed by atoms with van der Waals surface area (Å²) < 4.78 is 0. The molecule has 1 atom stereocenters. The Hall–Kier alpha value is -0.570. The molecular weight excluding hydrogens is 152 g/mol. The summed E-state index contributed by atoms with van der Waals surface area (Å²) in [5, 5.41) is 0. The van der Waals surface area contributed by atoms with Crippen molar-refractivity contribution in [3.05, 3.63) is 0 Å². The maximum atomic E-state index is 10.4. The highest BCUT2D eigenvalue weighted by atomic mass is 16.1. The lowest BCUT2D eigenvalue weighted by atomic mass is 10.2. The smallest absolute Gasteiger partial charge is 0.210 e. The molecule has 0 aromatic carbocycles. The number of piperazine rings is 1. The van der Waals surface area contributed by atoms with Gasteiger partial charge < -0.3 is 9.80 Å². The van der Waals surface area contributed by atoms with Crippen molar-refractivity contribution in [3.8, 4) is 0 Å². The van der Waals surface area contributed by atoms with E-state index in [0.717, 1.165) is 26.0 Å². The second-order valence-corrected chi connectivity index (χ2v) is 2.95. The van der Waals surface area contributed by atoms with Gasteiger partial charge in [-0.2, -0.15) is 0 Å². The third kappa shape index (κ3) is 3.22. The molecule has 3 nitrogen and oxygen atoms in total. The zero-order valence-corrected chi connectivity index (χ0v) is 8.58. The predicted octanol–water partition coefficient (Wildman–Crippen LogP) is 0.805. The number of carbonyl (C=O) groups excluding carboxylic acids is 1. The second kappa shape index (κ2) is 6.00. The fourth-order valence-corrected chi connectivity index (χ4v) is 1.31. The van der Waals surface area contributed by atoms with Crippen molar-refractivity contribution < 1.29 is 4.79 Å². The van der Waals surface area contributed by atoms with E-state index in [0.29, 0.717) is 6.04 Å². The average Bonchev–Trinajstić information content (AvgIpc) is 2.08. The maximum Gasteiger partial charge on any atom is 0.210 e. The Balaban J connectivity index is 0.000000561. The number of rotatable bonds is 1. The van der Waals surface area contributed by atoms with Crippen LogP contribution in [0.2, 0.25) is 0 Å². The standard InChI is InChI=1S/C7H14N2O.C2H6/c1-7-5-8(2)3-4-9(7)6-10;1-2/h6-7H,3-5H2,1-2H3;1-2H3. The van der Waals surface area contributed by atoms with E-state index >= 15 is 0 Å². The lowest BCUT2D eigenvalue weighted by Gasteiger charge is -2.35. The maximum absolute atomic E-state index is 10.4. The molecule has 1 aliphatic rings. The lowest BCUT2D eigenvalue weighted by molar-refractivity contribution is -0.121. The van der Waals surface area contributed by atoms with Crippen LogP contribution in [0.4, 0.5) is 0 Å². The first-order valence-electron chi connectivity index (χ1n) is 4.63. The molecule has 0 spiro atoms. The summed E-state index contributed by atoms with van der Waals surface area (Å²) in [6, 6.07) is 0.385. The summed E-state index contributed by atoms with van der Waals surface area (Å²) in [5.41, 5.74) is 0. The van der Waals surface area contributed by atoms with E-state index in [-0.39, 0.29) is 0 Å². The van der Waals surface area contributed by atoms with Gasteiger partial charge in [0, 0.05) is 25.7 Å². The first kappa shape index (κ1) is 11.4. The van der Waals surface area contributed by atoms with Crippen LogP contribution < -0.4 is 0 Å². The van der Waals surface area contributed by atoms with Crippen molar-refractivity contribution >= 4 is 6.41 Å². The van der Waals surface area contributed by atoms with E-state index in [2.05, 4.69) is 18.9 Å². The number of hydrogen-bond donors (Lipinski definition) is 0. The van der Waals surface area contributed by atoms with Crippen LogP contribution >= 0.6 is 0 Å². The molecule has 72 valence electrons. The molecule has 0 N–H and O–H groups in total. The molecule has 1 unspecified atom stereocenters. The van der Waals surface area contributed by atoms with Crippen molar-refractivity contribution in [2.24, 2.45) is 0 Å². The Labute approximate surface area is 75.3 Å². The van der Waals surface area contributed by atoms with Gasteiger partial charge in [0.25, 0.3) is 0 Å². The Morgan fingerprint density at radius 1 is 1.33 bits per heavy atom. The molecule has 1 heterocycles. The van der Waals surface area contributed by atoms with Gasteiger partial charge in [0.1, 0.15) is 0 Å². The van der Waals surface area contributed by atoms with Gasteiger partial charge in [-0.05, 0) is 14.0 Å². The van der Waals surface area contributed by atoms with E-state index in [1.807, 2.05) is 18.7 Å². The van der Waals surface area contributed by atoms with Gasteiger partial charge in [-0.25, -0.2) is 0 Å². The Morgan fingerprint density at radius 2 is 1.92 bits per heavy atom. The normalized spacial score (nSPS) is 24.3. The topological polar surface area (TPSA) is 23.6 Å². The van der Waals surface area contributed by atoms with Crippen molar-refractivity contribution in [3.63, 3.8) is 0 Å². The molecule has 1 fully saturated rings. The van der Waals surface area contributed by atoms with Crippen molar-refractivity contribution in [2.45, 2.75) is 26.8 Å². The first-order chi connectivity index (χ1) is 5.74. The fourth-order valence-electron chi connectivity index (χ4n) is 1.31. The molecule has 1 rings (SSSR count). The minimum atomic E-state index is 0.385. The Bertz CT molecular complexity index is 128. The minimum Gasteiger partial charge on any atom is -0.340 e. The zero-order valence-electron chi connectivity index (χ0n) is 8.58. The van der Waals surface area contributed by atoms with Crippen molar-refractivity contribution in [1.29, 1.82) is 0 Å². The SMILES string of the molecule is CC.CC1CN(C)CCN1C=O. The minimum absolute atomic E-state index is 0.385. The molecule has 1 aliphatic heterocycles. The zero-order chi connectivity index (χ0) is 9.56. The highest BCUT2D eigenvalue weighted by Crippen LogP contribution is 2.03. The van der Waals surface area contributed by atoms with Gasteiger partial charge in [-0.3, -0.25) is 4.79 Å². The molecule has 0 aromatic rings. The third-order valence-corrected chi connectivity index (χ3v) is 2.02. The summed E-state index contributed by atoms with van der Waals surface area (Å²) in [7, 11) is 2.08. The second-order valence-electron chi connectivity index (χ2n) is 2.95. The molecule has 0 aromatic heterocycles. The van der Waals surface area contributed by atoms with E-state index in [1.165, 1.54) is 0 Å². The molecule has 1 amide bonds. The Kier molecular flexibility index (Phi) is 5.72. The van der Waals surface area contributed by atoms with Gasteiger partial charge in [0.05, 0.1) is 0 Å². The molecule has 0 radical (unpaired) electrons. The summed E-state index contributed by atoms with van der Waals surface area (Å²) in [4.78, 5) is 14.5. The highest BCUT2D eigenvalue weighted by molar-refractivity contribution is 5.47. The summed E-state index contributed by atoms with van der Waals surface area (Å²) in [5.74, 6) is 0. The van der Waals surface area contributed by atoms with Gasteiger partial charge >= 0.3 is 0 Å². The molecule has 0 bridgehead atoms. The van der Waals surface area contributed by atoms with Gasteiger partial charge in [-0.1, -0.05) is 13.8 Å². The highest BCUT2D eigenvalue weighted by Gasteiger charge is 2.18. The molecule has 3 heteroatoms. The van der Waals surface area contributed by atoms with E-state index in [9.17, 15) is 4.79 Å². The number of likely N-dealkylation sites (N-methyl/N-ethyl adjacent to an activating group) is 1. The number of nitrogens with zero attached hydrogens (tertiary/aromatic N) is 2. The first-order valence-corrected chi connectivity index (χ1v) is 4.63. The molecule has 0 aliphatic carbocycles. The molecule has 0 saturated carbocycles. The van der Waals surface area contributed by atoms with Crippen LogP contribution in [0.25, 0.3) is 0 Å². The molecule has 1 saturated heterocycles. The van der Waals surface area contributed by atoms with Crippen molar-refractivity contribution in [2.75, 3.05) is 26.7 Å². The monoisotopic (exact) mass is 172 g/mol. The van der Waals surface area contributed by atoms with Crippen LogP contribution in [0.1, 0.15) is 20.8 Å². The van der Waals surface area contributed by atoms with Crippen LogP contribution in [0.5, 0.6) is 0 Å². The number of carbonyl (C=O) groups is 1. The van der Waals surface area contributed by atoms with Gasteiger partial charge in [0.15, 0.2) is 0 Å². The number of amides is 1. The molecule has 12 heavy (non-hydrogen) atoms. The number of hydrogen-bond acceptors (Lipinski definition) is 2. The van der Waals surface area contributed by atoms with Crippen molar-refractivity contribution in [1.82, 2.24) is 9.80 Å². The predicted molar refractivity (Wildman–Crippen MR) is 51.1 cm³/mol. The molecular formula is C9H20N2O. The largest absolute Gasteiger partial charge is 0.340 e. The Morgan fingerprint density at radius 3 is 2.33 bits per heavy atom. The summed E-state index contributed by atoms with van der Waals surface area (Å²) >= 11 is 0. The lowest BCUT2D eigenvalue weighted by Crippen LogP contribution is -2.49. The fraction of sp³-hybridized carbons (Fsp3) is 0.889. The van der Waals surface area contributed by atoms with Crippen LogP contribution in [-0.4, -0.2) is 48.9 Å². The van der Waals surface area contributed by atoms with E-state index < -0.39 is 0 Å². The van der Waals surface area contributed by atoms with Gasteiger partial charge in [-0.15, -0.1) is 0 Å². The van der Waals surface area contributed by atoms with Gasteiger partial charge in [0.2, 0.25) is 6.41 Å². The average molecular weight is 172 g/mol. The van der Waals surface area contributed by atoms with E-state index in [1.54, 1.807) is 0 Å². The third-order valence-electron chi connectivity index (χ3n) is 2.02. The van der Waals surface area contributed by atoms with Crippen LogP contribution in [0.3, 0.4) is 0 Å². The van der Waals surface area contributed by atoms with E-state index in [4.69, 9.17) is 0 Å². The summed E-state index contributed by atoms with van der Waals surface area (Å²) in [6.45, 7) is 8.95. The quantitative estimate of drug-likeness (QED) is 0.546. The van der Waals surface area contributed by atoms with Crippen LogP contribution in [0, 0.1) is 0 Å². The van der Waals surface area contributed by atoms with Crippen LogP contribution in [-0.2, 0) is 4.79 Å². The van der Waals surface area contributed by atoms with Crippen LogP contribution in [0.15, 0.2) is 0 Å². The summed E-state index contributed by atoms with van der Waals surface area (Å²) in [6.07, 6.45) is 0.942.